The highest BCUT2D eigenvalue weighted by Gasteiger charge is 2.10. The summed E-state index contributed by atoms with van der Waals surface area (Å²) in [6, 6.07) is 0. The van der Waals surface area contributed by atoms with E-state index in [1.165, 1.54) is 0 Å². The summed E-state index contributed by atoms with van der Waals surface area (Å²) in [6.45, 7) is 2.10. The quantitative estimate of drug-likeness (QED) is 0.273. The Labute approximate surface area is 140 Å². The van der Waals surface area contributed by atoms with Gasteiger partial charge in [-0.1, -0.05) is 25.8 Å². The van der Waals surface area contributed by atoms with Crippen molar-refractivity contribution in [3.63, 3.8) is 0 Å². The molecule has 0 rings (SSSR count). The lowest BCUT2D eigenvalue weighted by atomic mass is 10.00. The van der Waals surface area contributed by atoms with Crippen molar-refractivity contribution in [3.05, 3.63) is 12.2 Å². The molecule has 0 fully saturated rings. The van der Waals surface area contributed by atoms with E-state index in [0.29, 0.717) is 32.1 Å². The second-order valence-electron chi connectivity index (χ2n) is 6.28. The maximum Gasteiger partial charge on any atom is 0.327 e. The number of aliphatic hydroxyl groups is 3. The second-order valence-corrected chi connectivity index (χ2v) is 6.28. The van der Waals surface area contributed by atoms with Crippen LogP contribution in [0.4, 0.5) is 0 Å². The van der Waals surface area contributed by atoms with Gasteiger partial charge in [0, 0.05) is 6.08 Å². The third-order valence-corrected chi connectivity index (χ3v) is 3.97. The van der Waals surface area contributed by atoms with Crippen molar-refractivity contribution >= 4 is 5.97 Å². The summed E-state index contributed by atoms with van der Waals surface area (Å²) < 4.78 is 0. The van der Waals surface area contributed by atoms with Gasteiger partial charge in [0.05, 0.1) is 18.3 Å². The Hall–Kier alpha value is -0.910. The van der Waals surface area contributed by atoms with E-state index in [9.17, 15) is 20.1 Å². The number of aliphatic hydroxyl groups excluding tert-OH is 3. The highest BCUT2D eigenvalue weighted by atomic mass is 16.4. The number of allylic oxidation sites excluding steroid dienone is 1. The van der Waals surface area contributed by atoms with Crippen molar-refractivity contribution < 1.29 is 25.2 Å². The molecule has 5 nitrogen and oxygen atoms in total. The lowest BCUT2D eigenvalue weighted by Crippen LogP contribution is -2.14. The summed E-state index contributed by atoms with van der Waals surface area (Å²) in [5, 5.41) is 37.9. The zero-order valence-corrected chi connectivity index (χ0v) is 14.4. The van der Waals surface area contributed by atoms with E-state index in [2.05, 4.69) is 6.92 Å². The molecule has 0 aromatic rings. The fourth-order valence-corrected chi connectivity index (χ4v) is 2.50. The highest BCUT2D eigenvalue weighted by Crippen LogP contribution is 2.14. The number of aliphatic carboxylic acids is 1. The molecule has 0 aliphatic rings. The lowest BCUT2D eigenvalue weighted by molar-refractivity contribution is -0.131. The average Bonchev–Trinajstić information content (AvgIpc) is 2.50. The molecule has 0 saturated heterocycles. The summed E-state index contributed by atoms with van der Waals surface area (Å²) in [5.41, 5.74) is 0. The number of unbranched alkanes of at least 4 members (excludes halogenated alkanes) is 2. The van der Waals surface area contributed by atoms with Gasteiger partial charge in [0.2, 0.25) is 0 Å². The number of rotatable bonds is 15. The van der Waals surface area contributed by atoms with Crippen LogP contribution in [0.15, 0.2) is 12.2 Å². The van der Waals surface area contributed by atoms with E-state index in [-0.39, 0.29) is 6.10 Å². The van der Waals surface area contributed by atoms with Gasteiger partial charge in [0.1, 0.15) is 0 Å². The molecule has 0 aromatic carbocycles. The monoisotopic (exact) mass is 330 g/mol. The van der Waals surface area contributed by atoms with Crippen molar-refractivity contribution in [2.45, 2.75) is 95.9 Å². The Morgan fingerprint density at radius 3 is 1.83 bits per heavy atom. The Bertz CT molecular complexity index is 317. The molecule has 0 spiro atoms. The fourth-order valence-electron chi connectivity index (χ4n) is 2.50. The summed E-state index contributed by atoms with van der Waals surface area (Å²) in [7, 11) is 0. The molecule has 0 bridgehead atoms. The molecule has 0 radical (unpaired) electrons. The van der Waals surface area contributed by atoms with Crippen molar-refractivity contribution in [3.8, 4) is 0 Å². The zero-order chi connectivity index (χ0) is 17.5. The molecule has 3 unspecified atom stereocenters. The van der Waals surface area contributed by atoms with Crippen LogP contribution in [0.2, 0.25) is 0 Å². The third-order valence-electron chi connectivity index (χ3n) is 3.97. The van der Waals surface area contributed by atoms with E-state index in [1.54, 1.807) is 6.08 Å². The van der Waals surface area contributed by atoms with Gasteiger partial charge in [-0.15, -0.1) is 0 Å². The van der Waals surface area contributed by atoms with Gasteiger partial charge < -0.3 is 20.4 Å². The van der Waals surface area contributed by atoms with E-state index < -0.39 is 18.2 Å². The molecule has 136 valence electrons. The third kappa shape index (κ3) is 15.8. The molecule has 0 aromatic heterocycles. The van der Waals surface area contributed by atoms with Crippen LogP contribution in [0.3, 0.4) is 0 Å². The largest absolute Gasteiger partial charge is 0.478 e. The Morgan fingerprint density at radius 2 is 1.30 bits per heavy atom. The van der Waals surface area contributed by atoms with Gasteiger partial charge in [-0.2, -0.15) is 0 Å². The van der Waals surface area contributed by atoms with Gasteiger partial charge >= 0.3 is 5.97 Å². The Morgan fingerprint density at radius 1 is 0.826 bits per heavy atom. The fraction of sp³-hybridized carbons (Fsp3) is 0.833. The summed E-state index contributed by atoms with van der Waals surface area (Å²) in [5.74, 6) is -0.950. The van der Waals surface area contributed by atoms with Crippen LogP contribution in [0.25, 0.3) is 0 Å². The van der Waals surface area contributed by atoms with Crippen LogP contribution < -0.4 is 0 Å². The maximum absolute atomic E-state index is 10.3. The zero-order valence-electron chi connectivity index (χ0n) is 14.4. The number of hydrogen-bond donors (Lipinski definition) is 4. The standard InChI is InChI=1S/C18H34O5/c1-2-3-8-15(19)10-7-11-17(21)14-13-16(20)9-5-4-6-12-18(22)23/h6,12,15-17,19-21H,2-5,7-11,13-14H2,1H3,(H,22,23). The smallest absolute Gasteiger partial charge is 0.327 e. The first-order valence-corrected chi connectivity index (χ1v) is 8.89. The molecule has 4 N–H and O–H groups in total. The van der Waals surface area contributed by atoms with Crippen molar-refractivity contribution in [2.75, 3.05) is 0 Å². The minimum atomic E-state index is -0.950. The molecular formula is C18H34O5. The molecule has 0 heterocycles. The summed E-state index contributed by atoms with van der Waals surface area (Å²) in [4.78, 5) is 10.3. The molecule has 0 saturated carbocycles. The minimum Gasteiger partial charge on any atom is -0.478 e. The molecule has 0 aliphatic carbocycles. The van der Waals surface area contributed by atoms with Crippen LogP contribution >= 0.6 is 0 Å². The number of carboxylic acids is 1. The molecular weight excluding hydrogens is 296 g/mol. The van der Waals surface area contributed by atoms with E-state index in [4.69, 9.17) is 5.11 Å². The Kier molecular flexibility index (Phi) is 14.1. The van der Waals surface area contributed by atoms with Gasteiger partial charge in [-0.3, -0.25) is 0 Å². The maximum atomic E-state index is 10.3. The second kappa shape index (κ2) is 14.7. The SMILES string of the molecule is CCCCC(O)CCCC(O)CCC(O)CCCC=CC(=O)O. The van der Waals surface area contributed by atoms with E-state index in [1.807, 2.05) is 0 Å². The van der Waals surface area contributed by atoms with E-state index >= 15 is 0 Å². The van der Waals surface area contributed by atoms with Crippen LogP contribution in [0.1, 0.15) is 77.6 Å². The number of hydrogen-bond acceptors (Lipinski definition) is 4. The first-order chi connectivity index (χ1) is 11.0. The predicted octanol–water partition coefficient (Wildman–Crippen LogP) is 3.02. The van der Waals surface area contributed by atoms with Crippen molar-refractivity contribution in [1.82, 2.24) is 0 Å². The van der Waals surface area contributed by atoms with Crippen LogP contribution in [0.5, 0.6) is 0 Å². The normalized spacial score (nSPS) is 15.7. The summed E-state index contributed by atoms with van der Waals surface area (Å²) in [6.07, 6.45) is 9.87. The number of carbonyl (C=O) groups is 1. The topological polar surface area (TPSA) is 98.0 Å². The van der Waals surface area contributed by atoms with Crippen LogP contribution in [-0.4, -0.2) is 44.7 Å². The molecule has 0 amide bonds. The van der Waals surface area contributed by atoms with Gasteiger partial charge in [0.25, 0.3) is 0 Å². The number of carboxylic acid groups (broad SMARTS) is 1. The first kappa shape index (κ1) is 22.1. The molecule has 0 aliphatic heterocycles. The Balaban J connectivity index is 3.56. The predicted molar refractivity (Wildman–Crippen MR) is 91.3 cm³/mol. The van der Waals surface area contributed by atoms with Crippen molar-refractivity contribution in [1.29, 1.82) is 0 Å². The molecule has 23 heavy (non-hydrogen) atoms. The van der Waals surface area contributed by atoms with Gasteiger partial charge in [0.15, 0.2) is 0 Å². The van der Waals surface area contributed by atoms with Crippen LogP contribution in [0, 0.1) is 0 Å². The van der Waals surface area contributed by atoms with Crippen molar-refractivity contribution in [2.24, 2.45) is 0 Å². The average molecular weight is 330 g/mol. The first-order valence-electron chi connectivity index (χ1n) is 8.89. The van der Waals surface area contributed by atoms with Gasteiger partial charge in [-0.05, 0) is 57.8 Å². The van der Waals surface area contributed by atoms with Gasteiger partial charge in [-0.25, -0.2) is 4.79 Å². The van der Waals surface area contributed by atoms with E-state index in [0.717, 1.165) is 44.6 Å². The molecule has 5 heteroatoms. The van der Waals surface area contributed by atoms with Crippen LogP contribution in [-0.2, 0) is 4.79 Å². The highest BCUT2D eigenvalue weighted by molar-refractivity contribution is 5.79. The minimum absolute atomic E-state index is 0.258. The molecule has 3 atom stereocenters. The summed E-state index contributed by atoms with van der Waals surface area (Å²) >= 11 is 0. The lowest BCUT2D eigenvalue weighted by Gasteiger charge is -2.15.